The van der Waals surface area contributed by atoms with E-state index in [0.29, 0.717) is 30.6 Å². The van der Waals surface area contributed by atoms with Gasteiger partial charge in [0.05, 0.1) is 22.4 Å². The van der Waals surface area contributed by atoms with Crippen LogP contribution in [0.4, 0.5) is 18.9 Å². The number of benzene rings is 2. The molecule has 1 N–H and O–H groups in total. The van der Waals surface area contributed by atoms with Gasteiger partial charge in [0.25, 0.3) is 0 Å². The maximum Gasteiger partial charge on any atom is 0.421 e. The van der Waals surface area contributed by atoms with Gasteiger partial charge < -0.3 is 10.0 Å². The highest BCUT2D eigenvalue weighted by molar-refractivity contribution is 7.91. The first-order valence-corrected chi connectivity index (χ1v) is 17.2. The maximum atomic E-state index is 13.6. The lowest BCUT2D eigenvalue weighted by molar-refractivity contribution is -0.258. The molecule has 0 amide bonds. The van der Waals surface area contributed by atoms with Crippen molar-refractivity contribution in [3.8, 4) is 0 Å². The van der Waals surface area contributed by atoms with Crippen molar-refractivity contribution >= 4 is 38.2 Å². The summed E-state index contributed by atoms with van der Waals surface area (Å²) in [6.07, 6.45) is -2.96. The van der Waals surface area contributed by atoms with Crippen LogP contribution in [0.15, 0.2) is 58.3 Å². The van der Waals surface area contributed by atoms with E-state index in [-0.39, 0.29) is 53.6 Å². The molecule has 2 saturated heterocycles. The van der Waals surface area contributed by atoms with Gasteiger partial charge in [0.2, 0.25) is 10.0 Å². The SMILES string of the molecule is CC(O)(c1ccc(N2CCN(S(=O)(=O)c3ccccc3S)C[C@@H]2CN2CCS(=O)(=O)CC2C2CC2)cc1)C(F)(F)F. The Morgan fingerprint density at radius 2 is 1.68 bits per heavy atom. The monoisotopic (exact) mass is 633 g/mol. The Morgan fingerprint density at radius 3 is 2.29 bits per heavy atom. The molecule has 2 unspecified atom stereocenters. The molecule has 3 atom stereocenters. The largest absolute Gasteiger partial charge is 0.421 e. The molecule has 0 radical (unpaired) electrons. The summed E-state index contributed by atoms with van der Waals surface area (Å²) in [6.45, 7) is 1.96. The quantitative estimate of drug-likeness (QED) is 0.453. The first kappa shape index (κ1) is 30.6. The van der Waals surface area contributed by atoms with Gasteiger partial charge in [-0.3, -0.25) is 4.90 Å². The maximum absolute atomic E-state index is 13.6. The Kier molecular flexibility index (Phi) is 8.23. The number of halogens is 3. The van der Waals surface area contributed by atoms with Crippen LogP contribution in [-0.2, 0) is 25.5 Å². The van der Waals surface area contributed by atoms with Crippen molar-refractivity contribution in [1.29, 1.82) is 0 Å². The summed E-state index contributed by atoms with van der Waals surface area (Å²) in [5.74, 6) is 0.377. The summed E-state index contributed by atoms with van der Waals surface area (Å²) in [4.78, 5) is 4.53. The standard InChI is InChI=1S/C27H34F3N3O5S3/c1-26(34,27(28,29)30)20-8-10-21(11-9-20)33-13-12-32(41(37,38)25-5-3-2-4-24(25)39)17-22(33)16-31-14-15-40(35,36)18-23(31)19-6-7-19/h2-5,8-11,19,22-23,34,39H,6-7,12-18H2,1H3/t22-,23?,26?/m0/s1. The Morgan fingerprint density at radius 1 is 1.02 bits per heavy atom. The zero-order valence-electron chi connectivity index (χ0n) is 22.5. The lowest BCUT2D eigenvalue weighted by Gasteiger charge is -2.46. The summed E-state index contributed by atoms with van der Waals surface area (Å²) < 4.78 is 93.8. The van der Waals surface area contributed by atoms with E-state index in [1.165, 1.54) is 34.6 Å². The van der Waals surface area contributed by atoms with Crippen LogP contribution in [0.3, 0.4) is 0 Å². The molecule has 3 aliphatic rings. The minimum absolute atomic E-state index is 0.0270. The van der Waals surface area contributed by atoms with Gasteiger partial charge in [-0.15, -0.1) is 12.6 Å². The molecule has 3 fully saturated rings. The summed E-state index contributed by atoms with van der Waals surface area (Å²) in [5.41, 5.74) is -2.72. The molecule has 0 bridgehead atoms. The van der Waals surface area contributed by atoms with E-state index in [1.54, 1.807) is 18.2 Å². The molecule has 0 spiro atoms. The number of sulfone groups is 1. The van der Waals surface area contributed by atoms with Crippen LogP contribution >= 0.6 is 12.6 Å². The highest BCUT2D eigenvalue weighted by atomic mass is 32.2. The van der Waals surface area contributed by atoms with Crippen molar-refractivity contribution in [3.05, 3.63) is 54.1 Å². The first-order valence-electron chi connectivity index (χ1n) is 13.5. The third-order valence-electron chi connectivity index (χ3n) is 8.44. The summed E-state index contributed by atoms with van der Waals surface area (Å²) in [6, 6.07) is 11.4. The van der Waals surface area contributed by atoms with Gasteiger partial charge >= 0.3 is 6.18 Å². The topological polar surface area (TPSA) is 98.2 Å². The van der Waals surface area contributed by atoms with Crippen LogP contribution in [0.5, 0.6) is 0 Å². The molecule has 226 valence electrons. The Bertz CT molecular complexity index is 1480. The number of piperazine rings is 1. The molecule has 1 saturated carbocycles. The van der Waals surface area contributed by atoms with Gasteiger partial charge in [0.1, 0.15) is 0 Å². The average molecular weight is 634 g/mol. The summed E-state index contributed by atoms with van der Waals surface area (Å²) in [7, 11) is -7.06. The molecule has 2 aliphatic heterocycles. The number of thiol groups is 1. The number of aliphatic hydroxyl groups is 1. The van der Waals surface area contributed by atoms with Crippen molar-refractivity contribution < 1.29 is 35.1 Å². The third-order valence-corrected chi connectivity index (χ3v) is 12.6. The predicted octanol–water partition coefficient (Wildman–Crippen LogP) is 3.13. The number of hydrogen-bond acceptors (Lipinski definition) is 8. The molecule has 1 aliphatic carbocycles. The van der Waals surface area contributed by atoms with Crippen LogP contribution in [0.1, 0.15) is 25.3 Å². The first-order chi connectivity index (χ1) is 19.1. The average Bonchev–Trinajstić information content (AvgIpc) is 3.75. The number of nitrogens with zero attached hydrogens (tertiary/aromatic N) is 3. The van der Waals surface area contributed by atoms with Gasteiger partial charge in [-0.2, -0.15) is 17.5 Å². The smallest absolute Gasteiger partial charge is 0.376 e. The normalized spacial score (nSPS) is 26.0. The zero-order chi connectivity index (χ0) is 29.8. The third kappa shape index (κ3) is 6.28. The molecule has 0 aromatic heterocycles. The zero-order valence-corrected chi connectivity index (χ0v) is 25.1. The van der Waals surface area contributed by atoms with E-state index < -0.39 is 37.7 Å². The van der Waals surface area contributed by atoms with Crippen LogP contribution < -0.4 is 4.90 Å². The van der Waals surface area contributed by atoms with E-state index in [0.717, 1.165) is 12.8 Å². The van der Waals surface area contributed by atoms with Crippen molar-refractivity contribution in [2.45, 2.75) is 53.4 Å². The van der Waals surface area contributed by atoms with Gasteiger partial charge in [-0.25, -0.2) is 16.8 Å². The van der Waals surface area contributed by atoms with Gasteiger partial charge in [0.15, 0.2) is 15.4 Å². The number of anilines is 1. The molecule has 14 heteroatoms. The van der Waals surface area contributed by atoms with Crippen molar-refractivity contribution in [1.82, 2.24) is 9.21 Å². The van der Waals surface area contributed by atoms with E-state index in [2.05, 4.69) is 17.5 Å². The lowest BCUT2D eigenvalue weighted by atomic mass is 9.95. The van der Waals surface area contributed by atoms with E-state index >= 15 is 0 Å². The molecule has 2 heterocycles. The Labute approximate surface area is 244 Å². The summed E-state index contributed by atoms with van der Waals surface area (Å²) in [5, 5.41) is 10.1. The second kappa shape index (κ2) is 11.0. The minimum Gasteiger partial charge on any atom is -0.376 e. The van der Waals surface area contributed by atoms with Crippen molar-refractivity contribution in [2.75, 3.05) is 49.1 Å². The van der Waals surface area contributed by atoms with Crippen LogP contribution in [0.2, 0.25) is 0 Å². The fraction of sp³-hybridized carbons (Fsp3) is 0.556. The van der Waals surface area contributed by atoms with Crippen molar-refractivity contribution in [2.24, 2.45) is 5.92 Å². The molecular weight excluding hydrogens is 600 g/mol. The van der Waals surface area contributed by atoms with Crippen LogP contribution in [0.25, 0.3) is 0 Å². The highest BCUT2D eigenvalue weighted by Crippen LogP contribution is 2.40. The van der Waals surface area contributed by atoms with Crippen LogP contribution in [-0.4, -0.2) is 93.6 Å². The van der Waals surface area contributed by atoms with Crippen molar-refractivity contribution in [3.63, 3.8) is 0 Å². The minimum atomic E-state index is -4.85. The number of sulfonamides is 1. The molecular formula is C27H34F3N3O5S3. The Balaban J connectivity index is 1.45. The predicted molar refractivity (Wildman–Crippen MR) is 152 cm³/mol. The van der Waals surface area contributed by atoms with E-state index in [1.807, 2.05) is 4.90 Å². The number of hydrogen-bond donors (Lipinski definition) is 2. The molecule has 41 heavy (non-hydrogen) atoms. The molecule has 2 aromatic carbocycles. The van der Waals surface area contributed by atoms with Gasteiger partial charge in [-0.1, -0.05) is 24.3 Å². The fourth-order valence-corrected chi connectivity index (χ4v) is 9.52. The number of alkyl halides is 3. The van der Waals surface area contributed by atoms with Gasteiger partial charge in [-0.05, 0) is 55.5 Å². The molecule has 8 nitrogen and oxygen atoms in total. The molecule has 2 aromatic rings. The van der Waals surface area contributed by atoms with E-state index in [9.17, 15) is 35.1 Å². The second-order valence-electron chi connectivity index (χ2n) is 11.3. The second-order valence-corrected chi connectivity index (χ2v) is 15.9. The van der Waals surface area contributed by atoms with Crippen LogP contribution in [0, 0.1) is 5.92 Å². The number of rotatable bonds is 7. The summed E-state index contributed by atoms with van der Waals surface area (Å²) >= 11 is 4.34. The molecule has 5 rings (SSSR count). The highest BCUT2D eigenvalue weighted by Gasteiger charge is 2.51. The van der Waals surface area contributed by atoms with Gasteiger partial charge in [0, 0.05) is 49.3 Å². The van der Waals surface area contributed by atoms with E-state index in [4.69, 9.17) is 0 Å². The Hall–Kier alpha value is -1.84. The lowest BCUT2D eigenvalue weighted by Crippen LogP contribution is -2.61. The fourth-order valence-electron chi connectivity index (χ4n) is 5.78.